The van der Waals surface area contributed by atoms with Gasteiger partial charge in [0.2, 0.25) is 0 Å². The molecular weight excluding hydrogens is 182 g/mol. The van der Waals surface area contributed by atoms with Crippen molar-refractivity contribution >= 4 is 5.69 Å². The number of benzene rings is 1. The summed E-state index contributed by atoms with van der Waals surface area (Å²) in [5, 5.41) is 3.70. The van der Waals surface area contributed by atoms with Gasteiger partial charge in [0.1, 0.15) is 0 Å². The molecule has 1 aliphatic carbocycles. The van der Waals surface area contributed by atoms with E-state index in [1.54, 1.807) is 0 Å². The lowest BCUT2D eigenvalue weighted by atomic mass is 9.83. The fourth-order valence-electron chi connectivity index (χ4n) is 3.15. The van der Waals surface area contributed by atoms with Crippen LogP contribution in [0.25, 0.3) is 0 Å². The predicted octanol–water partition coefficient (Wildman–Crippen LogP) is 3.60. The van der Waals surface area contributed by atoms with Crippen LogP contribution in [-0.2, 0) is 6.42 Å². The van der Waals surface area contributed by atoms with Crippen molar-refractivity contribution in [1.29, 1.82) is 0 Å². The Kier molecular flexibility index (Phi) is 2.40. The summed E-state index contributed by atoms with van der Waals surface area (Å²) in [6, 6.07) is 9.50. The van der Waals surface area contributed by atoms with Crippen molar-refractivity contribution < 1.29 is 0 Å². The largest absolute Gasteiger partial charge is 0.381 e. The molecule has 1 aromatic rings. The lowest BCUT2D eigenvalue weighted by molar-refractivity contribution is 0.321. The standard InChI is InChI=1S/C14H19N/c1-2-6-11(7-3-1)14-10-12-8-4-5-9-13(12)15-14/h4-5,8-9,11,14-15H,1-3,6-7,10H2/t14-/m1/s1. The Morgan fingerprint density at radius 2 is 1.80 bits per heavy atom. The minimum absolute atomic E-state index is 0.725. The van der Waals surface area contributed by atoms with Gasteiger partial charge < -0.3 is 5.32 Å². The summed E-state index contributed by atoms with van der Waals surface area (Å²) in [7, 11) is 0. The van der Waals surface area contributed by atoms with E-state index < -0.39 is 0 Å². The van der Waals surface area contributed by atoms with Crippen LogP contribution in [-0.4, -0.2) is 6.04 Å². The lowest BCUT2D eigenvalue weighted by Crippen LogP contribution is -2.28. The molecule has 1 atom stereocenters. The van der Waals surface area contributed by atoms with Gasteiger partial charge in [-0.3, -0.25) is 0 Å². The van der Waals surface area contributed by atoms with Crippen LogP contribution in [0.5, 0.6) is 0 Å². The van der Waals surface area contributed by atoms with Crippen molar-refractivity contribution in [3.05, 3.63) is 29.8 Å². The first-order valence-electron chi connectivity index (χ1n) is 6.28. The van der Waals surface area contributed by atoms with Gasteiger partial charge in [-0.05, 0) is 36.8 Å². The number of anilines is 1. The SMILES string of the molecule is c1ccc2c(c1)C[C@H](C1CCCCC1)N2. The van der Waals surface area contributed by atoms with E-state index in [1.807, 2.05) is 0 Å². The number of fused-ring (bicyclic) bond motifs is 1. The molecule has 1 nitrogen and oxygen atoms in total. The minimum atomic E-state index is 0.725. The van der Waals surface area contributed by atoms with Crippen molar-refractivity contribution in [3.63, 3.8) is 0 Å². The van der Waals surface area contributed by atoms with E-state index in [1.165, 1.54) is 49.8 Å². The molecule has 1 heteroatoms. The maximum absolute atomic E-state index is 3.70. The highest BCUT2D eigenvalue weighted by Crippen LogP contribution is 2.35. The number of hydrogen-bond donors (Lipinski definition) is 1. The summed E-state index contributed by atoms with van der Waals surface area (Å²) >= 11 is 0. The molecule has 1 fully saturated rings. The molecule has 0 unspecified atom stereocenters. The first-order chi connectivity index (χ1) is 7.43. The quantitative estimate of drug-likeness (QED) is 0.732. The van der Waals surface area contributed by atoms with E-state index in [-0.39, 0.29) is 0 Å². The van der Waals surface area contributed by atoms with Crippen molar-refractivity contribution in [2.45, 2.75) is 44.6 Å². The molecular formula is C14H19N. The summed E-state index contributed by atoms with van der Waals surface area (Å²) in [6.45, 7) is 0. The smallest absolute Gasteiger partial charge is 0.0375 e. The molecule has 0 spiro atoms. The van der Waals surface area contributed by atoms with Crippen LogP contribution in [0.15, 0.2) is 24.3 Å². The van der Waals surface area contributed by atoms with Gasteiger partial charge in [-0.1, -0.05) is 37.5 Å². The average Bonchev–Trinajstić information content (AvgIpc) is 2.74. The molecule has 0 bridgehead atoms. The zero-order valence-electron chi connectivity index (χ0n) is 9.21. The molecule has 15 heavy (non-hydrogen) atoms. The molecule has 1 heterocycles. The topological polar surface area (TPSA) is 12.0 Å². The summed E-state index contributed by atoms with van der Waals surface area (Å²) in [5.74, 6) is 0.922. The molecule has 0 saturated heterocycles. The molecule has 0 amide bonds. The molecule has 1 aliphatic heterocycles. The van der Waals surface area contributed by atoms with Crippen LogP contribution < -0.4 is 5.32 Å². The highest BCUT2D eigenvalue weighted by Gasteiger charge is 2.28. The highest BCUT2D eigenvalue weighted by atomic mass is 15.0. The Balaban J connectivity index is 1.72. The third kappa shape index (κ3) is 1.75. The summed E-state index contributed by atoms with van der Waals surface area (Å²) in [4.78, 5) is 0. The van der Waals surface area contributed by atoms with E-state index in [0.717, 1.165) is 12.0 Å². The second-order valence-electron chi connectivity index (χ2n) is 5.01. The van der Waals surface area contributed by atoms with Gasteiger partial charge >= 0.3 is 0 Å². The minimum Gasteiger partial charge on any atom is -0.381 e. The van der Waals surface area contributed by atoms with Crippen LogP contribution in [0.3, 0.4) is 0 Å². The second-order valence-corrected chi connectivity index (χ2v) is 5.01. The molecule has 2 aliphatic rings. The van der Waals surface area contributed by atoms with Crippen LogP contribution in [0, 0.1) is 5.92 Å². The Morgan fingerprint density at radius 1 is 1.00 bits per heavy atom. The third-order valence-electron chi connectivity index (χ3n) is 4.02. The van der Waals surface area contributed by atoms with E-state index in [2.05, 4.69) is 29.6 Å². The van der Waals surface area contributed by atoms with Crippen molar-refractivity contribution in [3.8, 4) is 0 Å². The number of nitrogens with one attached hydrogen (secondary N) is 1. The zero-order valence-corrected chi connectivity index (χ0v) is 9.21. The van der Waals surface area contributed by atoms with Gasteiger partial charge in [0.15, 0.2) is 0 Å². The van der Waals surface area contributed by atoms with E-state index in [4.69, 9.17) is 0 Å². The Hall–Kier alpha value is -0.980. The summed E-state index contributed by atoms with van der Waals surface area (Å²) in [6.07, 6.45) is 8.46. The van der Waals surface area contributed by atoms with Crippen LogP contribution in [0.2, 0.25) is 0 Å². The molecule has 1 saturated carbocycles. The Labute approximate surface area is 91.9 Å². The summed E-state index contributed by atoms with van der Waals surface area (Å²) < 4.78 is 0. The van der Waals surface area contributed by atoms with Crippen LogP contribution in [0.1, 0.15) is 37.7 Å². The normalized spacial score (nSPS) is 26.0. The van der Waals surface area contributed by atoms with Gasteiger partial charge in [-0.15, -0.1) is 0 Å². The number of hydrogen-bond acceptors (Lipinski definition) is 1. The highest BCUT2D eigenvalue weighted by molar-refractivity contribution is 5.56. The third-order valence-corrected chi connectivity index (χ3v) is 4.02. The Bertz CT molecular complexity index is 314. The fourth-order valence-corrected chi connectivity index (χ4v) is 3.15. The monoisotopic (exact) mass is 201 g/mol. The van der Waals surface area contributed by atoms with Crippen LogP contribution >= 0.6 is 0 Å². The molecule has 0 radical (unpaired) electrons. The van der Waals surface area contributed by atoms with Crippen LogP contribution in [0.4, 0.5) is 5.69 Å². The first-order valence-corrected chi connectivity index (χ1v) is 6.28. The van der Waals surface area contributed by atoms with Gasteiger partial charge in [-0.25, -0.2) is 0 Å². The van der Waals surface area contributed by atoms with Gasteiger partial charge in [0.05, 0.1) is 0 Å². The number of para-hydroxylation sites is 1. The molecule has 3 rings (SSSR count). The average molecular weight is 201 g/mol. The fraction of sp³-hybridized carbons (Fsp3) is 0.571. The van der Waals surface area contributed by atoms with E-state index in [9.17, 15) is 0 Å². The van der Waals surface area contributed by atoms with Crippen molar-refractivity contribution in [2.24, 2.45) is 5.92 Å². The number of rotatable bonds is 1. The Morgan fingerprint density at radius 3 is 2.60 bits per heavy atom. The van der Waals surface area contributed by atoms with Crippen molar-refractivity contribution in [1.82, 2.24) is 0 Å². The van der Waals surface area contributed by atoms with E-state index >= 15 is 0 Å². The lowest BCUT2D eigenvalue weighted by Gasteiger charge is -2.27. The molecule has 1 aromatic carbocycles. The molecule has 80 valence electrons. The van der Waals surface area contributed by atoms with Crippen molar-refractivity contribution in [2.75, 3.05) is 5.32 Å². The van der Waals surface area contributed by atoms with Gasteiger partial charge in [0, 0.05) is 11.7 Å². The van der Waals surface area contributed by atoms with E-state index in [0.29, 0.717) is 0 Å². The maximum Gasteiger partial charge on any atom is 0.0375 e. The maximum atomic E-state index is 3.70. The van der Waals surface area contributed by atoms with Gasteiger partial charge in [-0.2, -0.15) is 0 Å². The first kappa shape index (κ1) is 9.26. The van der Waals surface area contributed by atoms with Gasteiger partial charge in [0.25, 0.3) is 0 Å². The predicted molar refractivity (Wildman–Crippen MR) is 64.1 cm³/mol. The molecule has 0 aromatic heterocycles. The zero-order chi connectivity index (χ0) is 10.1. The summed E-state index contributed by atoms with van der Waals surface area (Å²) in [5.41, 5.74) is 2.90. The second kappa shape index (κ2) is 3.88. The molecule has 1 N–H and O–H groups in total.